The second-order valence-corrected chi connectivity index (χ2v) is 8.24. The normalized spacial score (nSPS) is 12.8. The van der Waals surface area contributed by atoms with Crippen LogP contribution in [0.3, 0.4) is 0 Å². The molecular formula is C22H24ClF2N3OS. The van der Waals surface area contributed by atoms with E-state index in [2.05, 4.69) is 12.2 Å². The molecule has 8 heteroatoms. The van der Waals surface area contributed by atoms with Gasteiger partial charge >= 0.3 is 0 Å². The van der Waals surface area contributed by atoms with Crippen LogP contribution in [0, 0.1) is 24.0 Å². The van der Waals surface area contributed by atoms with Gasteiger partial charge in [-0.3, -0.25) is 4.79 Å². The number of benzene rings is 2. The lowest BCUT2D eigenvalue weighted by Gasteiger charge is -2.20. The highest BCUT2D eigenvalue weighted by Gasteiger charge is 2.22. The molecule has 0 heterocycles. The third-order valence-corrected chi connectivity index (χ3v) is 5.99. The van der Waals surface area contributed by atoms with Crippen molar-refractivity contribution in [2.24, 2.45) is 5.73 Å². The van der Waals surface area contributed by atoms with Gasteiger partial charge in [-0.15, -0.1) is 0 Å². The Kier molecular flexibility index (Phi) is 8.87. The van der Waals surface area contributed by atoms with Crippen LogP contribution in [0.5, 0.6) is 0 Å². The summed E-state index contributed by atoms with van der Waals surface area (Å²) < 4.78 is 28.2. The molecule has 0 fully saturated rings. The molecule has 1 unspecified atom stereocenters. The van der Waals surface area contributed by atoms with E-state index in [0.717, 1.165) is 36.1 Å². The minimum Gasteiger partial charge on any atom is -0.397 e. The Hall–Kier alpha value is -2.38. The fourth-order valence-corrected chi connectivity index (χ4v) is 4.08. The van der Waals surface area contributed by atoms with Gasteiger partial charge in [0.15, 0.2) is 0 Å². The van der Waals surface area contributed by atoms with Gasteiger partial charge < -0.3 is 16.5 Å². The van der Waals surface area contributed by atoms with Crippen LogP contribution in [-0.2, 0) is 4.79 Å². The quantitative estimate of drug-likeness (QED) is 0.277. The fourth-order valence-electron chi connectivity index (χ4n) is 2.91. The van der Waals surface area contributed by atoms with Crippen LogP contribution in [0.15, 0.2) is 42.0 Å². The molecule has 0 aliphatic heterocycles. The van der Waals surface area contributed by atoms with Gasteiger partial charge in [0.2, 0.25) is 0 Å². The summed E-state index contributed by atoms with van der Waals surface area (Å²) in [7, 11) is 0. The molecule has 1 atom stereocenters. The SMILES string of the molecule is CCCSCC(NC(=O)/C(C=N)=C(/N)c1c(F)ccc(F)c1C)c1cccc(Cl)c1. The highest BCUT2D eigenvalue weighted by molar-refractivity contribution is 7.99. The third kappa shape index (κ3) is 5.83. The van der Waals surface area contributed by atoms with E-state index in [-0.39, 0.29) is 22.4 Å². The van der Waals surface area contributed by atoms with Crippen LogP contribution < -0.4 is 11.1 Å². The minimum absolute atomic E-state index is 0.0236. The number of nitrogens with one attached hydrogen (secondary N) is 2. The van der Waals surface area contributed by atoms with Crippen molar-refractivity contribution >= 4 is 41.2 Å². The van der Waals surface area contributed by atoms with Gasteiger partial charge in [-0.2, -0.15) is 11.8 Å². The molecule has 0 bridgehead atoms. The summed E-state index contributed by atoms with van der Waals surface area (Å²) in [6.45, 7) is 3.43. The topological polar surface area (TPSA) is 79.0 Å². The van der Waals surface area contributed by atoms with E-state index < -0.39 is 23.6 Å². The largest absolute Gasteiger partial charge is 0.397 e. The van der Waals surface area contributed by atoms with Crippen LogP contribution in [0.1, 0.15) is 36.1 Å². The van der Waals surface area contributed by atoms with Crippen molar-refractivity contribution in [2.45, 2.75) is 26.3 Å². The smallest absolute Gasteiger partial charge is 0.255 e. The Balaban J connectivity index is 2.39. The molecule has 2 aromatic carbocycles. The first-order valence-corrected chi connectivity index (χ1v) is 10.9. The number of hydrogen-bond acceptors (Lipinski definition) is 4. The molecule has 0 saturated heterocycles. The van der Waals surface area contributed by atoms with Gasteiger partial charge in [0, 0.05) is 22.6 Å². The average Bonchev–Trinajstić information content (AvgIpc) is 2.71. The van der Waals surface area contributed by atoms with Crippen molar-refractivity contribution < 1.29 is 13.6 Å². The van der Waals surface area contributed by atoms with Crippen LogP contribution in [0.25, 0.3) is 5.70 Å². The van der Waals surface area contributed by atoms with E-state index in [9.17, 15) is 13.6 Å². The molecule has 160 valence electrons. The predicted octanol–water partition coefficient (Wildman–Crippen LogP) is 5.25. The van der Waals surface area contributed by atoms with E-state index in [0.29, 0.717) is 10.8 Å². The zero-order chi connectivity index (χ0) is 22.3. The molecule has 2 aromatic rings. The number of hydrogen-bond donors (Lipinski definition) is 3. The van der Waals surface area contributed by atoms with Crippen LogP contribution in [0.2, 0.25) is 5.02 Å². The van der Waals surface area contributed by atoms with Crippen LogP contribution >= 0.6 is 23.4 Å². The average molecular weight is 452 g/mol. The predicted molar refractivity (Wildman–Crippen MR) is 121 cm³/mol. The van der Waals surface area contributed by atoms with Gasteiger partial charge in [0.05, 0.1) is 17.3 Å². The number of amides is 1. The van der Waals surface area contributed by atoms with Gasteiger partial charge in [-0.05, 0) is 54.5 Å². The molecule has 0 saturated carbocycles. The summed E-state index contributed by atoms with van der Waals surface area (Å²) in [5, 5.41) is 11.0. The monoisotopic (exact) mass is 451 g/mol. The third-order valence-electron chi connectivity index (χ3n) is 4.49. The lowest BCUT2D eigenvalue weighted by atomic mass is 10.00. The van der Waals surface area contributed by atoms with E-state index >= 15 is 0 Å². The second-order valence-electron chi connectivity index (χ2n) is 6.66. The summed E-state index contributed by atoms with van der Waals surface area (Å²) in [6.07, 6.45) is 1.74. The minimum atomic E-state index is -0.761. The molecule has 0 aliphatic carbocycles. The van der Waals surface area contributed by atoms with Crippen molar-refractivity contribution in [3.05, 3.63) is 75.3 Å². The van der Waals surface area contributed by atoms with Gasteiger partial charge in [0.25, 0.3) is 5.91 Å². The molecule has 30 heavy (non-hydrogen) atoms. The van der Waals surface area contributed by atoms with E-state index in [1.54, 1.807) is 30.0 Å². The molecule has 0 spiro atoms. The van der Waals surface area contributed by atoms with Crippen molar-refractivity contribution in [1.29, 1.82) is 5.41 Å². The lowest BCUT2D eigenvalue weighted by Crippen LogP contribution is -2.33. The number of thioether (sulfide) groups is 1. The number of nitrogens with two attached hydrogens (primary N) is 1. The molecule has 2 rings (SSSR count). The molecule has 1 amide bonds. The zero-order valence-electron chi connectivity index (χ0n) is 16.8. The molecule has 0 aliphatic rings. The molecule has 4 N–H and O–H groups in total. The number of halogens is 3. The Bertz CT molecular complexity index is 965. The molecule has 0 aromatic heterocycles. The Morgan fingerprint density at radius 2 is 2.00 bits per heavy atom. The van der Waals surface area contributed by atoms with Crippen molar-refractivity contribution in [3.8, 4) is 0 Å². The second kappa shape index (κ2) is 11.1. The van der Waals surface area contributed by atoms with Crippen molar-refractivity contribution in [1.82, 2.24) is 5.32 Å². The first-order chi connectivity index (χ1) is 14.3. The molecule has 4 nitrogen and oxygen atoms in total. The summed E-state index contributed by atoms with van der Waals surface area (Å²) >= 11 is 7.76. The summed E-state index contributed by atoms with van der Waals surface area (Å²) in [5.41, 5.74) is 6.05. The standard InChI is InChI=1S/C22H24ClF2N3OS/c1-3-9-30-12-19(14-5-4-6-15(23)10-14)28-22(29)16(11-26)21(27)20-13(2)17(24)7-8-18(20)25/h4-8,10-11,19,26H,3,9,12,27H2,1-2H3,(H,28,29)/b21-16+,26-11?. The maximum Gasteiger partial charge on any atom is 0.255 e. The summed E-state index contributed by atoms with van der Waals surface area (Å²) in [4.78, 5) is 12.9. The highest BCUT2D eigenvalue weighted by Crippen LogP contribution is 2.25. The number of carbonyl (C=O) groups excluding carboxylic acids is 1. The van der Waals surface area contributed by atoms with Crippen LogP contribution in [-0.4, -0.2) is 23.6 Å². The summed E-state index contributed by atoms with van der Waals surface area (Å²) in [5.74, 6) is -0.558. The first kappa shape index (κ1) is 23.9. The first-order valence-electron chi connectivity index (χ1n) is 9.39. The lowest BCUT2D eigenvalue weighted by molar-refractivity contribution is -0.117. The highest BCUT2D eigenvalue weighted by atomic mass is 35.5. The zero-order valence-corrected chi connectivity index (χ0v) is 18.3. The maximum atomic E-state index is 14.3. The van der Waals surface area contributed by atoms with Gasteiger partial charge in [-0.1, -0.05) is 30.7 Å². The van der Waals surface area contributed by atoms with E-state index in [1.165, 1.54) is 6.92 Å². The fraction of sp³-hybridized carbons (Fsp3) is 0.273. The Morgan fingerprint density at radius 1 is 1.30 bits per heavy atom. The molecular weight excluding hydrogens is 428 g/mol. The van der Waals surface area contributed by atoms with Crippen molar-refractivity contribution in [3.63, 3.8) is 0 Å². The van der Waals surface area contributed by atoms with E-state index in [4.69, 9.17) is 22.7 Å². The Morgan fingerprint density at radius 3 is 2.63 bits per heavy atom. The number of rotatable bonds is 9. The number of carbonyl (C=O) groups is 1. The summed E-state index contributed by atoms with van der Waals surface area (Å²) in [6, 6.07) is 8.66. The van der Waals surface area contributed by atoms with E-state index in [1.807, 2.05) is 6.07 Å². The Labute approximate surface area is 184 Å². The van der Waals surface area contributed by atoms with Crippen LogP contribution in [0.4, 0.5) is 8.78 Å². The van der Waals surface area contributed by atoms with Crippen molar-refractivity contribution in [2.75, 3.05) is 11.5 Å². The maximum absolute atomic E-state index is 14.3. The van der Waals surface area contributed by atoms with Gasteiger partial charge in [-0.25, -0.2) is 8.78 Å². The van der Waals surface area contributed by atoms with Gasteiger partial charge in [0.1, 0.15) is 11.6 Å². The molecule has 0 radical (unpaired) electrons.